The minimum absolute atomic E-state index is 0.0836. The summed E-state index contributed by atoms with van der Waals surface area (Å²) in [4.78, 5) is 2.37. The Bertz CT molecular complexity index is 1470. The molecule has 0 aromatic carbocycles. The zero-order chi connectivity index (χ0) is 54.3. The van der Waals surface area contributed by atoms with Gasteiger partial charge in [0.2, 0.25) is 0 Å². The Hall–Kier alpha value is -0.440. The first kappa shape index (κ1) is 65.4. The fraction of sp³-hybridized carbons (Fsp3) is 1.00. The molecule has 11 nitrogen and oxygen atoms in total. The summed E-state index contributed by atoms with van der Waals surface area (Å²) in [6.45, 7) is 23.9. The van der Waals surface area contributed by atoms with Crippen molar-refractivity contribution in [3.05, 3.63) is 0 Å². The zero-order valence-corrected chi connectivity index (χ0v) is 50.3. The monoisotopic (exact) mass is 1060 g/mol. The normalized spacial score (nSPS) is 29.6. The smallest absolute Gasteiger partial charge is 0.0900 e. The summed E-state index contributed by atoms with van der Waals surface area (Å²) in [5.41, 5.74) is 0.108. The second-order valence-electron chi connectivity index (χ2n) is 27.8. The van der Waals surface area contributed by atoms with Crippen LogP contribution in [-0.2, 0) is 18.9 Å². The molecule has 5 aliphatic carbocycles. The molecule has 0 aromatic rings. The SMILES string of the molecule is CCC(CC)(CC1(C)CCCC(C)(COCC(O)CN(CC(O)COC(CC)(CC)CC2(C)CCCC(C)(COCC(O)CNC3CCCCC3)CCC2)C2CCCCC2)CCC1)OCC(O)CNC1CCCCC1. The molecule has 0 heterocycles. The predicted octanol–water partition coefficient (Wildman–Crippen LogP) is 12.6. The van der Waals surface area contributed by atoms with Crippen molar-refractivity contribution in [3.63, 3.8) is 0 Å². The average molecular weight is 1060 g/mol. The highest BCUT2D eigenvalue weighted by Crippen LogP contribution is 2.48. The highest BCUT2D eigenvalue weighted by Gasteiger charge is 2.42. The highest BCUT2D eigenvalue weighted by molar-refractivity contribution is 4.93. The Kier molecular flexibility index (Phi) is 28.6. The number of ether oxygens (including phenoxy) is 4. The van der Waals surface area contributed by atoms with Gasteiger partial charge in [-0.15, -0.1) is 0 Å². The molecule has 75 heavy (non-hydrogen) atoms. The Morgan fingerprint density at radius 2 is 0.747 bits per heavy atom. The molecule has 442 valence electrons. The molecule has 0 bridgehead atoms. The molecule has 5 fully saturated rings. The third-order valence-electron chi connectivity index (χ3n) is 20.5. The fourth-order valence-corrected chi connectivity index (χ4v) is 15.2. The van der Waals surface area contributed by atoms with Gasteiger partial charge >= 0.3 is 0 Å². The van der Waals surface area contributed by atoms with E-state index in [1.807, 2.05) is 0 Å². The molecule has 6 N–H and O–H groups in total. The van der Waals surface area contributed by atoms with E-state index in [0.29, 0.717) is 83.9 Å². The van der Waals surface area contributed by atoms with Gasteiger partial charge in [0.15, 0.2) is 0 Å². The largest absolute Gasteiger partial charge is 0.389 e. The number of aliphatic hydroxyl groups is 4. The second-order valence-corrected chi connectivity index (χ2v) is 27.8. The van der Waals surface area contributed by atoms with Crippen LogP contribution >= 0.6 is 0 Å². The predicted molar refractivity (Wildman–Crippen MR) is 309 cm³/mol. The standard InChI is InChI=1S/C64H123N3O8/c1-9-63(10-2,74-46-56(69)41-66-53-28-18-14-19-29-53)48-59(5)32-24-38-62(8,39-25-33-59)51-73-45-57(70)42-67(54-30-20-15-21-31-54)43-58(71)47-75-64(11-3,12-4)49-60(6)34-22-36-61(7,37-23-35-60)50-72-44-55(68)40-65-52-26-16-13-17-27-52/h52-58,65-66,68-71H,9-51H2,1-8H3. The Labute approximate surface area is 461 Å². The number of aliphatic hydroxyl groups excluding tert-OH is 4. The van der Waals surface area contributed by atoms with Gasteiger partial charge in [0.05, 0.1) is 75.3 Å². The number of rotatable bonds is 33. The van der Waals surface area contributed by atoms with E-state index in [4.69, 9.17) is 18.9 Å². The first-order valence-corrected chi connectivity index (χ1v) is 32.3. The van der Waals surface area contributed by atoms with Crippen molar-refractivity contribution in [1.29, 1.82) is 0 Å². The molecule has 0 spiro atoms. The van der Waals surface area contributed by atoms with Crippen LogP contribution in [0.1, 0.15) is 267 Å². The van der Waals surface area contributed by atoms with Crippen LogP contribution in [0.15, 0.2) is 0 Å². The minimum Gasteiger partial charge on any atom is -0.389 e. The average Bonchev–Trinajstić information content (AvgIpc) is 3.39. The third kappa shape index (κ3) is 23.2. The van der Waals surface area contributed by atoms with Crippen LogP contribution < -0.4 is 10.6 Å². The number of hydrogen-bond acceptors (Lipinski definition) is 11. The first-order chi connectivity index (χ1) is 35.9. The van der Waals surface area contributed by atoms with Crippen LogP contribution in [0.2, 0.25) is 0 Å². The fourth-order valence-electron chi connectivity index (χ4n) is 15.2. The maximum atomic E-state index is 11.8. The van der Waals surface area contributed by atoms with Crippen LogP contribution in [0.25, 0.3) is 0 Å². The molecule has 0 radical (unpaired) electrons. The molecule has 5 saturated carbocycles. The summed E-state index contributed by atoms with van der Waals surface area (Å²) in [7, 11) is 0. The van der Waals surface area contributed by atoms with Crippen LogP contribution in [0.4, 0.5) is 0 Å². The van der Waals surface area contributed by atoms with Crippen LogP contribution in [0.3, 0.4) is 0 Å². The summed E-state index contributed by atoms with van der Waals surface area (Å²) in [5.74, 6) is 0. The van der Waals surface area contributed by atoms with Crippen molar-refractivity contribution in [2.24, 2.45) is 21.7 Å². The molecule has 11 heteroatoms. The third-order valence-corrected chi connectivity index (χ3v) is 20.5. The van der Waals surface area contributed by atoms with Crippen molar-refractivity contribution < 1.29 is 39.4 Å². The van der Waals surface area contributed by atoms with E-state index in [9.17, 15) is 20.4 Å². The molecule has 0 aliphatic heterocycles. The summed E-state index contributed by atoms with van der Waals surface area (Å²) < 4.78 is 26.3. The van der Waals surface area contributed by atoms with Crippen molar-refractivity contribution in [2.45, 2.75) is 321 Å². The quantitative estimate of drug-likeness (QED) is 0.0374. The summed E-state index contributed by atoms with van der Waals surface area (Å²) in [6, 6.07) is 1.45. The van der Waals surface area contributed by atoms with Crippen LogP contribution in [0, 0.1) is 21.7 Å². The van der Waals surface area contributed by atoms with Crippen LogP contribution in [-0.4, -0.2) is 145 Å². The van der Waals surface area contributed by atoms with E-state index in [2.05, 4.69) is 70.9 Å². The lowest BCUT2D eigenvalue weighted by molar-refractivity contribution is -0.116. The van der Waals surface area contributed by atoms with E-state index in [1.165, 1.54) is 109 Å². The van der Waals surface area contributed by atoms with E-state index in [1.54, 1.807) is 0 Å². The molecule has 5 aliphatic rings. The van der Waals surface area contributed by atoms with Crippen molar-refractivity contribution in [2.75, 3.05) is 65.8 Å². The van der Waals surface area contributed by atoms with Gasteiger partial charge in [-0.1, -0.05) is 139 Å². The Morgan fingerprint density at radius 3 is 1.13 bits per heavy atom. The van der Waals surface area contributed by atoms with Crippen molar-refractivity contribution >= 4 is 0 Å². The number of nitrogens with zero attached hydrogens (tertiary/aromatic N) is 1. The zero-order valence-electron chi connectivity index (χ0n) is 50.3. The van der Waals surface area contributed by atoms with Gasteiger partial charge in [-0.2, -0.15) is 0 Å². The molecule has 5 rings (SSSR count). The van der Waals surface area contributed by atoms with Gasteiger partial charge in [-0.05, 0) is 150 Å². The maximum absolute atomic E-state index is 11.8. The van der Waals surface area contributed by atoms with Crippen molar-refractivity contribution in [1.82, 2.24) is 15.5 Å². The van der Waals surface area contributed by atoms with E-state index in [-0.39, 0.29) is 32.9 Å². The van der Waals surface area contributed by atoms with E-state index in [0.717, 1.165) is 103 Å². The van der Waals surface area contributed by atoms with Gasteiger partial charge in [0.1, 0.15) is 0 Å². The molecule has 4 atom stereocenters. The lowest BCUT2D eigenvalue weighted by atomic mass is 9.66. The van der Waals surface area contributed by atoms with Gasteiger partial charge < -0.3 is 50.0 Å². The molecule has 0 amide bonds. The summed E-state index contributed by atoms with van der Waals surface area (Å²) in [6.07, 6.45) is 36.1. The van der Waals surface area contributed by atoms with Gasteiger partial charge in [-0.3, -0.25) is 4.90 Å². The van der Waals surface area contributed by atoms with Gasteiger partial charge in [0.25, 0.3) is 0 Å². The molecule has 4 unspecified atom stereocenters. The van der Waals surface area contributed by atoms with Crippen molar-refractivity contribution in [3.8, 4) is 0 Å². The molecular weight excluding hydrogens is 939 g/mol. The number of hydrogen-bond donors (Lipinski definition) is 6. The highest BCUT2D eigenvalue weighted by atomic mass is 16.5. The first-order valence-electron chi connectivity index (χ1n) is 32.3. The maximum Gasteiger partial charge on any atom is 0.0900 e. The lowest BCUT2D eigenvalue weighted by Crippen LogP contribution is -2.48. The van der Waals surface area contributed by atoms with E-state index >= 15 is 0 Å². The molecular formula is C64H123N3O8. The summed E-state index contributed by atoms with van der Waals surface area (Å²) in [5, 5.41) is 52.1. The number of nitrogens with one attached hydrogen (secondary N) is 2. The molecule has 0 saturated heterocycles. The minimum atomic E-state index is -0.629. The second kappa shape index (κ2) is 32.9. The van der Waals surface area contributed by atoms with E-state index < -0.39 is 24.4 Å². The molecule has 0 aromatic heterocycles. The topological polar surface area (TPSA) is 145 Å². The van der Waals surface area contributed by atoms with Gasteiger partial charge in [0, 0.05) is 44.3 Å². The van der Waals surface area contributed by atoms with Crippen LogP contribution in [0.5, 0.6) is 0 Å². The lowest BCUT2D eigenvalue weighted by Gasteiger charge is -2.44. The van der Waals surface area contributed by atoms with Gasteiger partial charge in [-0.25, -0.2) is 0 Å². The Morgan fingerprint density at radius 1 is 0.427 bits per heavy atom. The summed E-state index contributed by atoms with van der Waals surface area (Å²) >= 11 is 0. The Balaban J connectivity index is 1.03.